The van der Waals surface area contributed by atoms with Crippen LogP contribution in [-0.2, 0) is 9.59 Å². The summed E-state index contributed by atoms with van der Waals surface area (Å²) in [5.41, 5.74) is -0.139. The number of nitrogens with one attached hydrogen (secondary N) is 2. The van der Waals surface area contributed by atoms with Gasteiger partial charge in [0.1, 0.15) is 11.6 Å². The molecule has 1 aromatic heterocycles. The van der Waals surface area contributed by atoms with Crippen molar-refractivity contribution in [3.63, 3.8) is 0 Å². The van der Waals surface area contributed by atoms with Crippen LogP contribution in [0, 0.1) is 11.3 Å². The van der Waals surface area contributed by atoms with E-state index in [-0.39, 0.29) is 30.3 Å². The van der Waals surface area contributed by atoms with Crippen LogP contribution in [0.25, 0.3) is 0 Å². The fourth-order valence-corrected chi connectivity index (χ4v) is 3.22. The van der Waals surface area contributed by atoms with Crippen molar-refractivity contribution >= 4 is 23.5 Å². The van der Waals surface area contributed by atoms with Crippen LogP contribution < -0.4 is 10.6 Å². The van der Waals surface area contributed by atoms with Crippen LogP contribution in [0.2, 0.25) is 0 Å². The number of nitrogens with zero attached hydrogens (tertiary/aromatic N) is 3. The predicted molar refractivity (Wildman–Crippen MR) is 83.6 cm³/mol. The molecule has 24 heavy (non-hydrogen) atoms. The number of anilines is 1. The first kappa shape index (κ1) is 15.9. The van der Waals surface area contributed by atoms with E-state index in [9.17, 15) is 14.4 Å². The molecule has 0 unspecified atom stereocenters. The molecule has 2 aliphatic rings. The molecule has 8 nitrogen and oxygen atoms in total. The minimum atomic E-state index is -0.757. The van der Waals surface area contributed by atoms with Crippen molar-refractivity contribution in [1.29, 1.82) is 5.26 Å². The monoisotopic (exact) mass is 327 g/mol. The van der Waals surface area contributed by atoms with E-state index >= 15 is 0 Å². The zero-order valence-corrected chi connectivity index (χ0v) is 13.0. The van der Waals surface area contributed by atoms with Crippen LogP contribution in [0.4, 0.5) is 10.5 Å². The van der Waals surface area contributed by atoms with Crippen LogP contribution >= 0.6 is 0 Å². The van der Waals surface area contributed by atoms with E-state index in [0.717, 1.165) is 17.7 Å². The molecule has 4 amide bonds. The highest BCUT2D eigenvalue weighted by Gasteiger charge is 2.52. The molecule has 1 saturated carbocycles. The third-order valence-corrected chi connectivity index (χ3v) is 4.48. The molecule has 0 aromatic carbocycles. The quantitative estimate of drug-likeness (QED) is 0.805. The maximum absolute atomic E-state index is 12.5. The third kappa shape index (κ3) is 2.80. The Labute approximate surface area is 138 Å². The van der Waals surface area contributed by atoms with Gasteiger partial charge in [0.2, 0.25) is 5.91 Å². The van der Waals surface area contributed by atoms with E-state index in [4.69, 9.17) is 5.26 Å². The topological polar surface area (TPSA) is 115 Å². The first-order valence-electron chi connectivity index (χ1n) is 7.84. The predicted octanol–water partition coefficient (Wildman–Crippen LogP) is 1.15. The maximum Gasteiger partial charge on any atom is 0.325 e. The zero-order chi connectivity index (χ0) is 17.2. The van der Waals surface area contributed by atoms with Gasteiger partial charge in [0.15, 0.2) is 0 Å². The molecule has 1 aromatic rings. The minimum absolute atomic E-state index is 0.0191. The number of carbonyl (C=O) groups excluding carboxylic acids is 3. The van der Waals surface area contributed by atoms with Gasteiger partial charge in [-0.15, -0.1) is 0 Å². The number of pyridine rings is 1. The summed E-state index contributed by atoms with van der Waals surface area (Å²) in [6, 6.07) is 3.03. The molecule has 8 heteroatoms. The van der Waals surface area contributed by atoms with Gasteiger partial charge in [-0.1, -0.05) is 12.8 Å². The zero-order valence-electron chi connectivity index (χ0n) is 13.0. The van der Waals surface area contributed by atoms with E-state index in [1.807, 2.05) is 6.07 Å². The summed E-state index contributed by atoms with van der Waals surface area (Å²) in [6.07, 6.45) is 5.95. The molecule has 0 radical (unpaired) electrons. The molecule has 0 bridgehead atoms. The van der Waals surface area contributed by atoms with Gasteiger partial charge in [0, 0.05) is 25.4 Å². The number of aromatic nitrogens is 1. The Morgan fingerprint density at radius 2 is 2.17 bits per heavy atom. The number of urea groups is 1. The van der Waals surface area contributed by atoms with Crippen molar-refractivity contribution in [2.75, 3.05) is 11.9 Å². The Morgan fingerprint density at radius 1 is 1.42 bits per heavy atom. The van der Waals surface area contributed by atoms with E-state index in [0.29, 0.717) is 18.5 Å². The molecule has 2 heterocycles. The lowest BCUT2D eigenvalue weighted by molar-refractivity contribution is -0.131. The molecule has 2 fully saturated rings. The molecule has 1 saturated heterocycles. The Morgan fingerprint density at radius 3 is 2.88 bits per heavy atom. The average Bonchev–Trinajstić information content (AvgIpc) is 3.13. The van der Waals surface area contributed by atoms with Gasteiger partial charge in [0.25, 0.3) is 5.91 Å². The Hall–Kier alpha value is -2.95. The van der Waals surface area contributed by atoms with Gasteiger partial charge in [-0.25, -0.2) is 4.79 Å². The van der Waals surface area contributed by atoms with E-state index in [1.54, 1.807) is 0 Å². The van der Waals surface area contributed by atoms with Crippen LogP contribution in [0.3, 0.4) is 0 Å². The molecule has 1 spiro atoms. The molecule has 1 aliphatic heterocycles. The summed E-state index contributed by atoms with van der Waals surface area (Å²) < 4.78 is 0. The fourth-order valence-electron chi connectivity index (χ4n) is 3.22. The summed E-state index contributed by atoms with van der Waals surface area (Å²) >= 11 is 0. The average molecular weight is 327 g/mol. The molecular formula is C16H17N5O3. The summed E-state index contributed by atoms with van der Waals surface area (Å²) in [6.45, 7) is 0.0191. The van der Waals surface area contributed by atoms with E-state index in [2.05, 4.69) is 15.6 Å². The van der Waals surface area contributed by atoms with Crippen molar-refractivity contribution in [1.82, 2.24) is 15.2 Å². The molecule has 124 valence electrons. The highest BCUT2D eigenvalue weighted by Crippen LogP contribution is 2.35. The second kappa shape index (κ2) is 6.28. The largest absolute Gasteiger partial charge is 0.325 e. The minimum Gasteiger partial charge on any atom is -0.325 e. The van der Waals surface area contributed by atoms with E-state index in [1.165, 1.54) is 18.5 Å². The molecule has 1 aliphatic carbocycles. The van der Waals surface area contributed by atoms with Crippen LogP contribution in [0.15, 0.2) is 18.5 Å². The second-order valence-electron chi connectivity index (χ2n) is 6.01. The SMILES string of the molecule is N#Cc1cnccc1NC(=O)CCN1C(=O)NC2(CCCC2)C1=O. The number of amides is 4. The van der Waals surface area contributed by atoms with Gasteiger partial charge in [0.05, 0.1) is 11.3 Å². The van der Waals surface area contributed by atoms with Gasteiger partial charge in [-0.2, -0.15) is 5.26 Å². The lowest BCUT2D eigenvalue weighted by atomic mass is 9.98. The maximum atomic E-state index is 12.5. The molecular weight excluding hydrogens is 310 g/mol. The first-order valence-corrected chi connectivity index (χ1v) is 7.84. The van der Waals surface area contributed by atoms with E-state index < -0.39 is 11.6 Å². The Bertz CT molecular complexity index is 733. The standard InChI is InChI=1S/C16H17N5O3/c17-9-11-10-18-7-3-12(11)19-13(22)4-8-21-14(23)16(20-15(21)24)5-1-2-6-16/h3,7,10H,1-2,4-6,8H2,(H,20,24)(H,18,19,22). The number of imide groups is 1. The lowest BCUT2D eigenvalue weighted by Crippen LogP contribution is -2.44. The van der Waals surface area contributed by atoms with Crippen molar-refractivity contribution in [2.45, 2.75) is 37.6 Å². The number of rotatable bonds is 4. The van der Waals surface area contributed by atoms with Crippen molar-refractivity contribution in [3.05, 3.63) is 24.0 Å². The molecule has 2 N–H and O–H groups in total. The van der Waals surface area contributed by atoms with Gasteiger partial charge in [-0.05, 0) is 18.9 Å². The van der Waals surface area contributed by atoms with Crippen molar-refractivity contribution in [2.24, 2.45) is 0 Å². The highest BCUT2D eigenvalue weighted by atomic mass is 16.2. The molecule has 0 atom stereocenters. The lowest BCUT2D eigenvalue weighted by Gasteiger charge is -2.19. The van der Waals surface area contributed by atoms with Gasteiger partial charge >= 0.3 is 6.03 Å². The number of nitriles is 1. The van der Waals surface area contributed by atoms with Crippen LogP contribution in [0.5, 0.6) is 0 Å². The normalized spacial score (nSPS) is 18.5. The first-order chi connectivity index (χ1) is 11.6. The summed E-state index contributed by atoms with van der Waals surface area (Å²) in [5, 5.41) is 14.4. The summed E-state index contributed by atoms with van der Waals surface area (Å²) in [5.74, 6) is -0.606. The van der Waals surface area contributed by atoms with Gasteiger partial charge in [-0.3, -0.25) is 19.5 Å². The smallest absolute Gasteiger partial charge is 0.325 e. The van der Waals surface area contributed by atoms with Crippen molar-refractivity contribution < 1.29 is 14.4 Å². The third-order valence-electron chi connectivity index (χ3n) is 4.48. The molecule has 3 rings (SSSR count). The van der Waals surface area contributed by atoms with Crippen molar-refractivity contribution in [3.8, 4) is 6.07 Å². The van der Waals surface area contributed by atoms with Crippen LogP contribution in [-0.4, -0.2) is 39.8 Å². The second-order valence-corrected chi connectivity index (χ2v) is 6.01. The summed E-state index contributed by atoms with van der Waals surface area (Å²) in [4.78, 5) is 41.5. The number of hydrogen-bond acceptors (Lipinski definition) is 5. The highest BCUT2D eigenvalue weighted by molar-refractivity contribution is 6.07. The number of carbonyl (C=O) groups is 3. The number of hydrogen-bond donors (Lipinski definition) is 2. The summed E-state index contributed by atoms with van der Waals surface area (Å²) in [7, 11) is 0. The Balaban J connectivity index is 1.59. The fraction of sp³-hybridized carbons (Fsp3) is 0.438. The van der Waals surface area contributed by atoms with Crippen LogP contribution in [0.1, 0.15) is 37.7 Å². The van der Waals surface area contributed by atoms with Gasteiger partial charge < -0.3 is 10.6 Å². The Kier molecular flexibility index (Phi) is 4.16.